The van der Waals surface area contributed by atoms with E-state index in [9.17, 15) is 26.3 Å². The van der Waals surface area contributed by atoms with Crippen molar-refractivity contribution >= 4 is 34.7 Å². The number of nitrogens with two attached hydrogens (primary N) is 2. The van der Waals surface area contributed by atoms with Gasteiger partial charge in [-0.1, -0.05) is 23.2 Å². The van der Waals surface area contributed by atoms with Gasteiger partial charge in [-0.3, -0.25) is 0 Å². The van der Waals surface area contributed by atoms with Crippen LogP contribution in [0.25, 0.3) is 5.69 Å². The fourth-order valence-corrected chi connectivity index (χ4v) is 2.64. The molecule has 164 valence electrons. The Morgan fingerprint density at radius 1 is 0.839 bits per heavy atom. The average molecular weight is 482 g/mol. The molecule has 3 aromatic rings. The van der Waals surface area contributed by atoms with Crippen LogP contribution in [0.3, 0.4) is 0 Å². The van der Waals surface area contributed by atoms with Crippen molar-refractivity contribution in [1.82, 2.24) is 9.78 Å². The lowest BCUT2D eigenvalue weighted by Gasteiger charge is -2.10. The summed E-state index contributed by atoms with van der Waals surface area (Å²) < 4.78 is 74.6. The lowest BCUT2D eigenvalue weighted by molar-refractivity contribution is -0.138. The third kappa shape index (κ3) is 5.96. The summed E-state index contributed by atoms with van der Waals surface area (Å²) in [6, 6.07) is 8.70. The van der Waals surface area contributed by atoms with Crippen molar-refractivity contribution in [3.8, 4) is 11.8 Å². The SMILES string of the molecule is N#Cc1cc(N)n(-c2ccc(C(F)(F)F)cc2Cl)n1.Nc1ccc(C(F)(F)F)cc1Cl. The fourth-order valence-electron chi connectivity index (χ4n) is 2.20. The summed E-state index contributed by atoms with van der Waals surface area (Å²) in [7, 11) is 0. The molecule has 5 nitrogen and oxygen atoms in total. The Bertz CT molecular complexity index is 1130. The zero-order valence-corrected chi connectivity index (χ0v) is 16.6. The molecule has 0 aliphatic heterocycles. The molecule has 0 bridgehead atoms. The third-order valence-corrected chi connectivity index (χ3v) is 4.31. The molecule has 0 saturated heterocycles. The Balaban J connectivity index is 0.000000245. The van der Waals surface area contributed by atoms with Crippen molar-refractivity contribution < 1.29 is 26.3 Å². The highest BCUT2D eigenvalue weighted by molar-refractivity contribution is 6.33. The largest absolute Gasteiger partial charge is 0.416 e. The van der Waals surface area contributed by atoms with E-state index in [0.717, 1.165) is 41.1 Å². The summed E-state index contributed by atoms with van der Waals surface area (Å²) in [6.07, 6.45) is -8.84. The molecule has 0 spiro atoms. The van der Waals surface area contributed by atoms with Crippen molar-refractivity contribution in [2.75, 3.05) is 11.5 Å². The van der Waals surface area contributed by atoms with Gasteiger partial charge >= 0.3 is 12.4 Å². The summed E-state index contributed by atoms with van der Waals surface area (Å²) in [4.78, 5) is 0. The number of aromatic nitrogens is 2. The second-order valence-electron chi connectivity index (χ2n) is 5.88. The number of hydrogen-bond donors (Lipinski definition) is 2. The third-order valence-electron chi connectivity index (χ3n) is 3.68. The molecular weight excluding hydrogens is 471 g/mol. The molecule has 31 heavy (non-hydrogen) atoms. The topological polar surface area (TPSA) is 93.6 Å². The molecule has 0 aliphatic carbocycles. The number of nitriles is 1. The quantitative estimate of drug-likeness (QED) is 0.332. The summed E-state index contributed by atoms with van der Waals surface area (Å²) >= 11 is 11.2. The van der Waals surface area contributed by atoms with Gasteiger partial charge in [0.15, 0.2) is 5.69 Å². The average Bonchev–Trinajstić information content (AvgIpc) is 3.03. The minimum absolute atomic E-state index is 0.0495. The van der Waals surface area contributed by atoms with Crippen LogP contribution in [-0.2, 0) is 12.4 Å². The normalized spacial score (nSPS) is 11.5. The number of benzene rings is 2. The van der Waals surface area contributed by atoms with Crippen molar-refractivity contribution in [2.45, 2.75) is 12.4 Å². The summed E-state index contributed by atoms with van der Waals surface area (Å²) in [6.45, 7) is 0. The monoisotopic (exact) mass is 481 g/mol. The maximum Gasteiger partial charge on any atom is 0.416 e. The molecule has 4 N–H and O–H groups in total. The van der Waals surface area contributed by atoms with E-state index in [2.05, 4.69) is 5.10 Å². The van der Waals surface area contributed by atoms with Gasteiger partial charge in [-0.25, -0.2) is 4.68 Å². The van der Waals surface area contributed by atoms with Gasteiger partial charge in [0.05, 0.1) is 32.5 Å². The minimum atomic E-state index is -4.48. The molecule has 0 atom stereocenters. The molecule has 13 heteroatoms. The highest BCUT2D eigenvalue weighted by Gasteiger charge is 2.31. The van der Waals surface area contributed by atoms with Crippen LogP contribution in [0, 0.1) is 11.3 Å². The van der Waals surface area contributed by atoms with E-state index >= 15 is 0 Å². The molecule has 1 aromatic heterocycles. The second-order valence-corrected chi connectivity index (χ2v) is 6.69. The van der Waals surface area contributed by atoms with Crippen molar-refractivity contribution in [3.63, 3.8) is 0 Å². The van der Waals surface area contributed by atoms with E-state index in [0.29, 0.717) is 0 Å². The van der Waals surface area contributed by atoms with E-state index in [1.165, 1.54) is 6.07 Å². The standard InChI is InChI=1S/C11H6ClF3N4.C7H5ClF3N/c12-8-3-6(11(13,14)15)1-2-9(8)19-10(17)4-7(5-16)18-19;8-5-3-4(7(9,10)11)1-2-6(5)12/h1-4H,17H2;1-3H,12H2. The molecule has 0 fully saturated rings. The first kappa shape index (κ1) is 24.2. The van der Waals surface area contributed by atoms with Gasteiger partial charge in [0.1, 0.15) is 11.9 Å². The van der Waals surface area contributed by atoms with Gasteiger partial charge < -0.3 is 11.5 Å². The van der Waals surface area contributed by atoms with E-state index in [1.807, 2.05) is 0 Å². The van der Waals surface area contributed by atoms with Gasteiger partial charge in [-0.15, -0.1) is 0 Å². The van der Waals surface area contributed by atoms with E-state index in [1.54, 1.807) is 6.07 Å². The second kappa shape index (κ2) is 8.95. The van der Waals surface area contributed by atoms with Gasteiger partial charge in [0.2, 0.25) is 0 Å². The Morgan fingerprint density at radius 2 is 1.35 bits per heavy atom. The predicted molar refractivity (Wildman–Crippen MR) is 104 cm³/mol. The number of halogens is 8. The Morgan fingerprint density at radius 3 is 1.77 bits per heavy atom. The van der Waals surface area contributed by atoms with Crippen LogP contribution in [-0.4, -0.2) is 9.78 Å². The van der Waals surface area contributed by atoms with Crippen molar-refractivity contribution in [1.29, 1.82) is 5.26 Å². The zero-order chi connectivity index (χ0) is 23.6. The molecule has 0 radical (unpaired) electrons. The van der Waals surface area contributed by atoms with Crippen LogP contribution >= 0.6 is 23.2 Å². The molecule has 3 rings (SSSR count). The number of anilines is 2. The minimum Gasteiger partial charge on any atom is -0.398 e. The summed E-state index contributed by atoms with van der Waals surface area (Å²) in [5, 5.41) is 12.3. The Hall–Kier alpha value is -3.10. The van der Waals surface area contributed by atoms with Crippen LogP contribution in [0.1, 0.15) is 16.8 Å². The first-order valence-electron chi connectivity index (χ1n) is 7.99. The number of alkyl halides is 6. The molecule has 0 amide bonds. The van der Waals surface area contributed by atoms with E-state index < -0.39 is 23.5 Å². The zero-order valence-electron chi connectivity index (χ0n) is 15.1. The first-order chi connectivity index (χ1) is 14.2. The van der Waals surface area contributed by atoms with Crippen LogP contribution in [0.15, 0.2) is 42.5 Å². The van der Waals surface area contributed by atoms with Crippen LogP contribution < -0.4 is 11.5 Å². The lowest BCUT2D eigenvalue weighted by atomic mass is 10.2. The Kier molecular flexibility index (Phi) is 6.98. The van der Waals surface area contributed by atoms with Crippen molar-refractivity contribution in [3.05, 3.63) is 69.3 Å². The fraction of sp³-hybridized carbons (Fsp3) is 0.111. The number of nitrogens with zero attached hydrogens (tertiary/aromatic N) is 3. The maximum absolute atomic E-state index is 12.5. The maximum atomic E-state index is 12.5. The number of hydrogen-bond acceptors (Lipinski definition) is 4. The highest BCUT2D eigenvalue weighted by Crippen LogP contribution is 2.34. The molecule has 0 saturated carbocycles. The lowest BCUT2D eigenvalue weighted by Crippen LogP contribution is -2.07. The number of rotatable bonds is 1. The molecule has 0 unspecified atom stereocenters. The molecule has 0 aliphatic rings. The van der Waals surface area contributed by atoms with Crippen LogP contribution in [0.5, 0.6) is 0 Å². The smallest absolute Gasteiger partial charge is 0.398 e. The van der Waals surface area contributed by atoms with Crippen LogP contribution in [0.2, 0.25) is 10.0 Å². The summed E-state index contributed by atoms with van der Waals surface area (Å²) in [5.41, 5.74) is 9.55. The van der Waals surface area contributed by atoms with Crippen LogP contribution in [0.4, 0.5) is 37.8 Å². The predicted octanol–water partition coefficient (Wildman–Crippen LogP) is 5.94. The number of nitrogen functional groups attached to an aromatic ring is 2. The van der Waals surface area contributed by atoms with Crippen molar-refractivity contribution in [2.24, 2.45) is 0 Å². The highest BCUT2D eigenvalue weighted by atomic mass is 35.5. The Labute approximate surface area is 181 Å². The van der Waals surface area contributed by atoms with Gasteiger partial charge in [-0.2, -0.15) is 36.7 Å². The van der Waals surface area contributed by atoms with Gasteiger partial charge in [0.25, 0.3) is 0 Å². The van der Waals surface area contributed by atoms with Gasteiger partial charge in [0, 0.05) is 6.07 Å². The summed E-state index contributed by atoms with van der Waals surface area (Å²) in [5.74, 6) is 0.109. The molecule has 2 aromatic carbocycles. The molecule has 1 heterocycles. The first-order valence-corrected chi connectivity index (χ1v) is 8.74. The van der Waals surface area contributed by atoms with E-state index in [4.69, 9.17) is 39.9 Å². The van der Waals surface area contributed by atoms with E-state index in [-0.39, 0.29) is 32.9 Å². The van der Waals surface area contributed by atoms with Gasteiger partial charge in [-0.05, 0) is 36.4 Å². The molecular formula is C18H11Cl2F6N5.